The van der Waals surface area contributed by atoms with E-state index in [4.69, 9.17) is 9.26 Å². The van der Waals surface area contributed by atoms with Gasteiger partial charge in [-0.25, -0.2) is 4.79 Å². The third-order valence-electron chi connectivity index (χ3n) is 5.30. The number of rotatable bonds is 2. The van der Waals surface area contributed by atoms with Crippen molar-refractivity contribution in [1.29, 1.82) is 0 Å². The molecule has 8 heteroatoms. The van der Waals surface area contributed by atoms with Gasteiger partial charge in [-0.05, 0) is 56.9 Å². The predicted molar refractivity (Wildman–Crippen MR) is 110 cm³/mol. The van der Waals surface area contributed by atoms with E-state index in [-0.39, 0.29) is 17.9 Å². The van der Waals surface area contributed by atoms with E-state index < -0.39 is 11.5 Å². The first-order chi connectivity index (χ1) is 14.2. The second-order valence-electron chi connectivity index (χ2n) is 8.69. The van der Waals surface area contributed by atoms with Crippen molar-refractivity contribution in [1.82, 2.24) is 15.4 Å². The number of nitrogens with one attached hydrogen (secondary N) is 1. The molecule has 0 bridgehead atoms. The summed E-state index contributed by atoms with van der Waals surface area (Å²) in [5.41, 5.74) is 2.77. The number of piperidine rings is 1. The predicted octanol–water partition coefficient (Wildman–Crippen LogP) is 3.37. The molecule has 2 aliphatic rings. The Morgan fingerprint density at radius 3 is 2.73 bits per heavy atom. The van der Waals surface area contributed by atoms with Crippen LogP contribution < -0.4 is 5.32 Å². The lowest BCUT2D eigenvalue weighted by molar-refractivity contribution is -0.134. The van der Waals surface area contributed by atoms with Crippen LogP contribution in [0.3, 0.4) is 0 Å². The molecule has 1 aromatic heterocycles. The second kappa shape index (κ2) is 7.59. The Balaban J connectivity index is 1.51. The van der Waals surface area contributed by atoms with Gasteiger partial charge in [0.1, 0.15) is 11.3 Å². The average molecular weight is 411 g/mol. The van der Waals surface area contributed by atoms with Gasteiger partial charge in [0.2, 0.25) is 11.8 Å². The summed E-state index contributed by atoms with van der Waals surface area (Å²) >= 11 is 0. The standard InChI is InChI=1S/C22H25N3O5/c1-22(2,3)29-21(28)25-10-8-13(9-11-25)14-4-5-15-17(12-14)30-24-19(15)16-6-7-18(26)23-20(16)27/h4-5,8,12,16H,6-7,9-11H2,1-3H3,(H,23,26,27). The fourth-order valence-electron chi connectivity index (χ4n) is 3.79. The number of hydrogen-bond acceptors (Lipinski definition) is 6. The van der Waals surface area contributed by atoms with E-state index in [0.717, 1.165) is 16.5 Å². The summed E-state index contributed by atoms with van der Waals surface area (Å²) in [5, 5.41) is 7.25. The molecule has 158 valence electrons. The fraction of sp³-hybridized carbons (Fsp3) is 0.455. The lowest BCUT2D eigenvalue weighted by atomic mass is 9.92. The van der Waals surface area contributed by atoms with E-state index in [1.807, 2.05) is 45.0 Å². The minimum atomic E-state index is -0.515. The van der Waals surface area contributed by atoms with Gasteiger partial charge in [-0.3, -0.25) is 14.9 Å². The molecular weight excluding hydrogens is 386 g/mol. The Morgan fingerprint density at radius 1 is 1.27 bits per heavy atom. The molecule has 30 heavy (non-hydrogen) atoms. The van der Waals surface area contributed by atoms with Crippen molar-refractivity contribution in [3.63, 3.8) is 0 Å². The number of carbonyl (C=O) groups is 3. The number of benzene rings is 1. The molecule has 4 rings (SSSR count). The molecule has 2 aliphatic heterocycles. The zero-order chi connectivity index (χ0) is 21.5. The topological polar surface area (TPSA) is 102 Å². The van der Waals surface area contributed by atoms with Crippen molar-refractivity contribution < 1.29 is 23.6 Å². The highest BCUT2D eigenvalue weighted by molar-refractivity contribution is 6.02. The van der Waals surface area contributed by atoms with Crippen LogP contribution in [-0.2, 0) is 14.3 Å². The molecule has 1 aromatic carbocycles. The monoisotopic (exact) mass is 411 g/mol. The van der Waals surface area contributed by atoms with E-state index in [0.29, 0.717) is 43.6 Å². The van der Waals surface area contributed by atoms with Crippen molar-refractivity contribution >= 4 is 34.4 Å². The van der Waals surface area contributed by atoms with Crippen LogP contribution in [0.4, 0.5) is 4.79 Å². The first-order valence-electron chi connectivity index (χ1n) is 10.1. The highest BCUT2D eigenvalue weighted by Gasteiger charge is 2.32. The van der Waals surface area contributed by atoms with E-state index in [1.54, 1.807) is 4.90 Å². The first kappa shape index (κ1) is 20.1. The van der Waals surface area contributed by atoms with Gasteiger partial charge in [-0.1, -0.05) is 17.3 Å². The zero-order valence-corrected chi connectivity index (χ0v) is 17.4. The zero-order valence-electron chi connectivity index (χ0n) is 17.4. The summed E-state index contributed by atoms with van der Waals surface area (Å²) in [4.78, 5) is 37.5. The van der Waals surface area contributed by atoms with Gasteiger partial charge in [0, 0.05) is 24.9 Å². The number of carbonyl (C=O) groups excluding carboxylic acids is 3. The lowest BCUT2D eigenvalue weighted by Crippen LogP contribution is -2.39. The van der Waals surface area contributed by atoms with Gasteiger partial charge >= 0.3 is 6.09 Å². The molecule has 8 nitrogen and oxygen atoms in total. The average Bonchev–Trinajstić information content (AvgIpc) is 3.10. The van der Waals surface area contributed by atoms with Crippen molar-refractivity contribution in [3.8, 4) is 0 Å². The number of imide groups is 1. The minimum absolute atomic E-state index is 0.254. The van der Waals surface area contributed by atoms with Gasteiger partial charge in [0.05, 0.1) is 5.92 Å². The Labute approximate surface area is 174 Å². The third kappa shape index (κ3) is 4.08. The first-order valence-corrected chi connectivity index (χ1v) is 10.1. The van der Waals surface area contributed by atoms with Crippen LogP contribution in [0.15, 0.2) is 28.8 Å². The number of nitrogens with zero attached hydrogens (tertiary/aromatic N) is 2. The molecule has 1 atom stereocenters. The van der Waals surface area contributed by atoms with Gasteiger partial charge in [0.15, 0.2) is 5.58 Å². The summed E-state index contributed by atoms with van der Waals surface area (Å²) < 4.78 is 10.9. The highest BCUT2D eigenvalue weighted by atomic mass is 16.6. The van der Waals surface area contributed by atoms with E-state index in [9.17, 15) is 14.4 Å². The largest absolute Gasteiger partial charge is 0.444 e. The normalized spacial score (nSPS) is 20.2. The third-order valence-corrected chi connectivity index (χ3v) is 5.30. The molecule has 1 fully saturated rings. The lowest BCUT2D eigenvalue weighted by Gasteiger charge is -2.29. The van der Waals surface area contributed by atoms with Gasteiger partial charge in [0.25, 0.3) is 0 Å². The molecule has 1 N–H and O–H groups in total. The summed E-state index contributed by atoms with van der Waals surface area (Å²) in [5.74, 6) is -1.06. The quantitative estimate of drug-likeness (QED) is 0.760. The van der Waals surface area contributed by atoms with Crippen LogP contribution in [0.5, 0.6) is 0 Å². The number of amides is 3. The molecule has 1 unspecified atom stereocenters. The maximum Gasteiger partial charge on any atom is 0.410 e. The van der Waals surface area contributed by atoms with Gasteiger partial charge in [-0.15, -0.1) is 0 Å². The smallest absolute Gasteiger partial charge is 0.410 e. The number of aromatic nitrogens is 1. The second-order valence-corrected chi connectivity index (χ2v) is 8.69. The van der Waals surface area contributed by atoms with E-state index >= 15 is 0 Å². The van der Waals surface area contributed by atoms with Crippen LogP contribution in [0.1, 0.15) is 57.2 Å². The van der Waals surface area contributed by atoms with E-state index in [2.05, 4.69) is 10.5 Å². The molecule has 3 heterocycles. The van der Waals surface area contributed by atoms with Gasteiger partial charge < -0.3 is 14.2 Å². The van der Waals surface area contributed by atoms with Crippen molar-refractivity contribution in [2.24, 2.45) is 0 Å². The molecular formula is C22H25N3O5. The van der Waals surface area contributed by atoms with Gasteiger partial charge in [-0.2, -0.15) is 0 Å². The van der Waals surface area contributed by atoms with Crippen LogP contribution >= 0.6 is 0 Å². The molecule has 1 saturated heterocycles. The van der Waals surface area contributed by atoms with Crippen molar-refractivity contribution in [3.05, 3.63) is 35.5 Å². The highest BCUT2D eigenvalue weighted by Crippen LogP contribution is 2.33. The SMILES string of the molecule is CC(C)(C)OC(=O)N1CC=C(c2ccc3c(C4CCC(=O)NC4=O)noc3c2)CC1. The maximum atomic E-state index is 12.2. The molecule has 0 saturated carbocycles. The Bertz CT molecular complexity index is 1050. The fourth-order valence-corrected chi connectivity index (χ4v) is 3.79. The minimum Gasteiger partial charge on any atom is -0.444 e. The van der Waals surface area contributed by atoms with Crippen molar-refractivity contribution in [2.75, 3.05) is 13.1 Å². The summed E-state index contributed by atoms with van der Waals surface area (Å²) in [6.45, 7) is 6.63. The van der Waals surface area contributed by atoms with Crippen LogP contribution in [-0.4, -0.2) is 46.7 Å². The number of fused-ring (bicyclic) bond motifs is 1. The summed E-state index contributed by atoms with van der Waals surface area (Å²) in [7, 11) is 0. The Kier molecular flexibility index (Phi) is 5.09. The maximum absolute atomic E-state index is 12.2. The molecule has 0 spiro atoms. The van der Waals surface area contributed by atoms with Crippen molar-refractivity contribution in [2.45, 2.75) is 51.6 Å². The molecule has 0 radical (unpaired) electrons. The van der Waals surface area contributed by atoms with Crippen LogP contribution in [0.2, 0.25) is 0 Å². The van der Waals surface area contributed by atoms with E-state index in [1.165, 1.54) is 0 Å². The molecule has 3 amide bonds. The Hall–Kier alpha value is -3.16. The summed E-state index contributed by atoms with van der Waals surface area (Å²) in [6.07, 6.45) is 3.14. The number of hydrogen-bond donors (Lipinski definition) is 1. The number of ether oxygens (including phenoxy) is 1. The van der Waals surface area contributed by atoms with Crippen LogP contribution in [0, 0.1) is 0 Å². The Morgan fingerprint density at radius 2 is 2.07 bits per heavy atom. The summed E-state index contributed by atoms with van der Waals surface area (Å²) in [6, 6.07) is 5.79. The van der Waals surface area contributed by atoms with Crippen LogP contribution in [0.25, 0.3) is 16.5 Å². The molecule has 2 aromatic rings. The molecule has 0 aliphatic carbocycles.